The molecule has 0 amide bonds. The van der Waals surface area contributed by atoms with Crippen molar-refractivity contribution in [3.05, 3.63) is 88.5 Å². The van der Waals surface area contributed by atoms with E-state index in [0.29, 0.717) is 17.2 Å². The third-order valence-corrected chi connectivity index (χ3v) is 5.50. The fraction of sp³-hybridized carbons (Fsp3) is 0.296. The van der Waals surface area contributed by atoms with E-state index in [1.165, 1.54) is 12.1 Å². The van der Waals surface area contributed by atoms with Crippen molar-refractivity contribution in [2.75, 3.05) is 0 Å². The summed E-state index contributed by atoms with van der Waals surface area (Å²) >= 11 is 0. The average molecular weight is 457 g/mol. The van der Waals surface area contributed by atoms with Crippen LogP contribution in [0.2, 0.25) is 0 Å². The molecule has 0 spiro atoms. The van der Waals surface area contributed by atoms with Crippen LogP contribution in [-0.4, -0.2) is 11.1 Å². The Morgan fingerprint density at radius 3 is 1.94 bits per heavy atom. The molecule has 0 saturated carbocycles. The molecule has 3 aromatic carbocycles. The van der Waals surface area contributed by atoms with Gasteiger partial charge in [0, 0.05) is 0 Å². The number of hydrogen-bond donors (Lipinski definition) is 1. The lowest BCUT2D eigenvalue weighted by molar-refractivity contribution is -0.137. The lowest BCUT2D eigenvalue weighted by Crippen LogP contribution is -2.11. The van der Waals surface area contributed by atoms with Gasteiger partial charge in [0.15, 0.2) is 0 Å². The first kappa shape index (κ1) is 24.4. The highest BCUT2D eigenvalue weighted by Gasteiger charge is 2.30. The molecule has 1 unspecified atom stereocenters. The fourth-order valence-electron chi connectivity index (χ4n) is 3.96. The first-order valence-electron chi connectivity index (χ1n) is 10.7. The molecule has 0 aromatic heterocycles. The predicted molar refractivity (Wildman–Crippen MR) is 123 cm³/mol. The van der Waals surface area contributed by atoms with Gasteiger partial charge in [-0.1, -0.05) is 38.1 Å². The normalized spacial score (nSPS) is 12.6. The average Bonchev–Trinajstić information content (AvgIpc) is 2.72. The third-order valence-electron chi connectivity index (χ3n) is 5.50. The van der Waals surface area contributed by atoms with Crippen molar-refractivity contribution in [3.8, 4) is 16.9 Å². The lowest BCUT2D eigenvalue weighted by atomic mass is 9.94. The maximum atomic E-state index is 12.9. The van der Waals surface area contributed by atoms with Crippen LogP contribution in [0, 0.1) is 19.8 Å². The van der Waals surface area contributed by atoms with Crippen LogP contribution in [0.1, 0.15) is 59.0 Å². The third kappa shape index (κ3) is 5.95. The smallest absolute Gasteiger partial charge is 0.416 e. The van der Waals surface area contributed by atoms with Crippen LogP contribution in [0.15, 0.2) is 60.7 Å². The van der Waals surface area contributed by atoms with Crippen molar-refractivity contribution in [3.63, 3.8) is 0 Å². The molecule has 3 nitrogen and oxygen atoms in total. The summed E-state index contributed by atoms with van der Waals surface area (Å²) in [6.45, 7) is 8.00. The van der Waals surface area contributed by atoms with Gasteiger partial charge in [-0.25, -0.2) is 4.79 Å². The molecule has 0 heterocycles. The predicted octanol–water partition coefficient (Wildman–Crippen LogP) is 7.85. The van der Waals surface area contributed by atoms with Crippen molar-refractivity contribution >= 4 is 5.97 Å². The van der Waals surface area contributed by atoms with Crippen LogP contribution in [-0.2, 0) is 6.18 Å². The van der Waals surface area contributed by atoms with Crippen LogP contribution < -0.4 is 4.74 Å². The number of alkyl halides is 3. The number of aromatic carboxylic acids is 1. The van der Waals surface area contributed by atoms with Crippen molar-refractivity contribution in [2.24, 2.45) is 5.92 Å². The molecule has 6 heteroatoms. The Kier molecular flexibility index (Phi) is 7.15. The number of rotatable bonds is 7. The number of hydrogen-bond acceptors (Lipinski definition) is 2. The first-order chi connectivity index (χ1) is 15.5. The van der Waals surface area contributed by atoms with Gasteiger partial charge in [0.25, 0.3) is 0 Å². The van der Waals surface area contributed by atoms with Crippen molar-refractivity contribution < 1.29 is 27.8 Å². The molecule has 0 aliphatic carbocycles. The summed E-state index contributed by atoms with van der Waals surface area (Å²) in [6.07, 6.45) is -3.89. The van der Waals surface area contributed by atoms with Crippen molar-refractivity contribution in [1.29, 1.82) is 0 Å². The summed E-state index contributed by atoms with van der Waals surface area (Å²) in [6, 6.07) is 15.6. The lowest BCUT2D eigenvalue weighted by Gasteiger charge is -2.23. The number of carbonyl (C=O) groups is 1. The topological polar surface area (TPSA) is 46.5 Å². The summed E-state index contributed by atoms with van der Waals surface area (Å²) in [5, 5.41) is 9.14. The molecular formula is C27H27F3O3. The van der Waals surface area contributed by atoms with Crippen molar-refractivity contribution in [1.82, 2.24) is 0 Å². The van der Waals surface area contributed by atoms with E-state index in [2.05, 4.69) is 13.8 Å². The first-order valence-corrected chi connectivity index (χ1v) is 10.7. The van der Waals surface area contributed by atoms with E-state index in [1.807, 2.05) is 26.0 Å². The number of carboxylic acids is 1. The van der Waals surface area contributed by atoms with Crippen LogP contribution in [0.5, 0.6) is 5.75 Å². The van der Waals surface area contributed by atoms with Crippen molar-refractivity contribution in [2.45, 2.75) is 46.4 Å². The fourth-order valence-corrected chi connectivity index (χ4v) is 3.96. The maximum Gasteiger partial charge on any atom is 0.416 e. The van der Waals surface area contributed by atoms with Gasteiger partial charge >= 0.3 is 12.1 Å². The van der Waals surface area contributed by atoms with Crippen LogP contribution in [0.3, 0.4) is 0 Å². The molecular weight excluding hydrogens is 429 g/mol. The van der Waals surface area contributed by atoms with Gasteiger partial charge < -0.3 is 9.84 Å². The largest absolute Gasteiger partial charge is 0.486 e. The van der Waals surface area contributed by atoms with Gasteiger partial charge in [-0.05, 0) is 90.4 Å². The Hall–Kier alpha value is -3.28. The zero-order valence-electron chi connectivity index (χ0n) is 19.0. The standard InChI is InChI=1S/C27H27F3O3/c1-16(2)13-24(19-5-7-21(8-6-19)26(31)32)33-23-14-17(3)25(18(4)15-23)20-9-11-22(12-10-20)27(28,29)30/h5-12,14-16,24H,13H2,1-4H3,(H,31,32). The minimum atomic E-state index is -4.37. The summed E-state index contributed by atoms with van der Waals surface area (Å²) in [7, 11) is 0. The second-order valence-corrected chi connectivity index (χ2v) is 8.67. The summed E-state index contributed by atoms with van der Waals surface area (Å²) in [4.78, 5) is 11.2. The molecule has 3 rings (SSSR count). The van der Waals surface area contributed by atoms with E-state index in [4.69, 9.17) is 9.84 Å². The molecule has 1 atom stereocenters. The number of carboxylic acid groups (broad SMARTS) is 1. The number of aryl methyl sites for hydroxylation is 2. The number of ether oxygens (including phenoxy) is 1. The molecule has 0 saturated heterocycles. The monoisotopic (exact) mass is 456 g/mol. The van der Waals surface area contributed by atoms with Crippen LogP contribution >= 0.6 is 0 Å². The molecule has 1 N–H and O–H groups in total. The van der Waals surface area contributed by atoms with Gasteiger partial charge in [0.1, 0.15) is 11.9 Å². The summed E-state index contributed by atoms with van der Waals surface area (Å²) in [5.74, 6) is 0.0318. The number of halogens is 3. The van der Waals surface area contributed by atoms with Gasteiger partial charge in [0.2, 0.25) is 0 Å². The van der Waals surface area contributed by atoms with E-state index < -0.39 is 17.7 Å². The molecule has 174 valence electrons. The SMILES string of the molecule is Cc1cc(OC(CC(C)C)c2ccc(C(=O)O)cc2)cc(C)c1-c1ccc(C(F)(F)F)cc1. The highest BCUT2D eigenvalue weighted by Crippen LogP contribution is 2.36. The minimum Gasteiger partial charge on any atom is -0.486 e. The van der Waals surface area contributed by atoms with Gasteiger partial charge in [0.05, 0.1) is 11.1 Å². The van der Waals surface area contributed by atoms with E-state index >= 15 is 0 Å². The van der Waals surface area contributed by atoms with Crippen LogP contribution in [0.25, 0.3) is 11.1 Å². The number of benzene rings is 3. The summed E-state index contributed by atoms with van der Waals surface area (Å²) < 4.78 is 45.0. The molecule has 0 fully saturated rings. The second kappa shape index (κ2) is 9.69. The molecule has 0 radical (unpaired) electrons. The highest BCUT2D eigenvalue weighted by atomic mass is 19.4. The van der Waals surface area contributed by atoms with E-state index in [0.717, 1.165) is 40.8 Å². The van der Waals surface area contributed by atoms with Gasteiger partial charge in [-0.3, -0.25) is 0 Å². The van der Waals surface area contributed by atoms with Gasteiger partial charge in [-0.2, -0.15) is 13.2 Å². The Morgan fingerprint density at radius 1 is 0.939 bits per heavy atom. The van der Waals surface area contributed by atoms with E-state index in [1.54, 1.807) is 24.3 Å². The Bertz CT molecular complexity index is 1090. The zero-order valence-corrected chi connectivity index (χ0v) is 19.0. The van der Waals surface area contributed by atoms with E-state index in [9.17, 15) is 18.0 Å². The molecule has 33 heavy (non-hydrogen) atoms. The van der Waals surface area contributed by atoms with E-state index in [-0.39, 0.29) is 11.7 Å². The Morgan fingerprint density at radius 2 is 1.48 bits per heavy atom. The summed E-state index contributed by atoms with van der Waals surface area (Å²) in [5.41, 5.74) is 3.82. The molecule has 0 aliphatic rings. The Labute approximate surface area is 191 Å². The zero-order chi connectivity index (χ0) is 24.3. The van der Waals surface area contributed by atoms with Gasteiger partial charge in [-0.15, -0.1) is 0 Å². The second-order valence-electron chi connectivity index (χ2n) is 8.67. The molecule has 0 bridgehead atoms. The maximum absolute atomic E-state index is 12.9. The quantitative estimate of drug-likeness (QED) is 0.394. The molecule has 3 aromatic rings. The van der Waals surface area contributed by atoms with Crippen LogP contribution in [0.4, 0.5) is 13.2 Å². The Balaban J connectivity index is 1.90. The highest BCUT2D eigenvalue weighted by molar-refractivity contribution is 5.87. The minimum absolute atomic E-state index is 0.217. The molecule has 0 aliphatic heterocycles.